The molecule has 2 rings (SSSR count). The van der Waals surface area contributed by atoms with E-state index in [0.29, 0.717) is 10.6 Å². The highest BCUT2D eigenvalue weighted by Crippen LogP contribution is 2.23. The van der Waals surface area contributed by atoms with Crippen molar-refractivity contribution >= 4 is 26.0 Å². The number of rotatable bonds is 6. The third kappa shape index (κ3) is 4.32. The molecule has 0 aliphatic heterocycles. The average molecular weight is 384 g/mol. The summed E-state index contributed by atoms with van der Waals surface area (Å²) < 4.78 is 33.5. The van der Waals surface area contributed by atoms with Gasteiger partial charge in [0, 0.05) is 6.54 Å². The van der Waals surface area contributed by atoms with Crippen LogP contribution >= 0.6 is 15.9 Å². The number of aryl methyl sites for hydroxylation is 2. The second kappa shape index (κ2) is 7.26. The van der Waals surface area contributed by atoms with Crippen molar-refractivity contribution in [2.75, 3.05) is 13.2 Å². The second-order valence-electron chi connectivity index (χ2n) is 4.95. The Morgan fingerprint density at radius 3 is 2.55 bits per heavy atom. The molecular formula is C16H18BrNO3S. The normalized spacial score (nSPS) is 11.4. The van der Waals surface area contributed by atoms with Gasteiger partial charge in [0.2, 0.25) is 10.0 Å². The lowest BCUT2D eigenvalue weighted by Gasteiger charge is -2.11. The SMILES string of the molecule is Cc1ccc(S(=O)(=O)NCCOc2ccccc2Br)c(C)c1. The smallest absolute Gasteiger partial charge is 0.240 e. The first kappa shape index (κ1) is 17.0. The minimum atomic E-state index is -3.51. The van der Waals surface area contributed by atoms with Gasteiger partial charge >= 0.3 is 0 Å². The molecule has 6 heteroatoms. The predicted octanol–water partition coefficient (Wildman–Crippen LogP) is 3.42. The first-order chi connectivity index (χ1) is 10.4. The molecule has 0 saturated carbocycles. The number of nitrogens with one attached hydrogen (secondary N) is 1. The van der Waals surface area contributed by atoms with Crippen molar-refractivity contribution in [2.24, 2.45) is 0 Å². The predicted molar refractivity (Wildman–Crippen MR) is 90.7 cm³/mol. The Balaban J connectivity index is 1.94. The van der Waals surface area contributed by atoms with Crippen LogP contribution in [0.2, 0.25) is 0 Å². The van der Waals surface area contributed by atoms with Gasteiger partial charge in [-0.15, -0.1) is 0 Å². The van der Waals surface area contributed by atoms with Gasteiger partial charge in [0.15, 0.2) is 0 Å². The zero-order valence-corrected chi connectivity index (χ0v) is 14.9. The molecule has 0 atom stereocenters. The molecule has 0 amide bonds. The molecule has 0 aliphatic carbocycles. The maximum Gasteiger partial charge on any atom is 0.240 e. The quantitative estimate of drug-likeness (QED) is 0.777. The van der Waals surface area contributed by atoms with Gasteiger partial charge in [0.1, 0.15) is 12.4 Å². The molecule has 0 aliphatic rings. The summed E-state index contributed by atoms with van der Waals surface area (Å²) in [4.78, 5) is 0.305. The summed E-state index contributed by atoms with van der Waals surface area (Å²) >= 11 is 3.38. The largest absolute Gasteiger partial charge is 0.491 e. The van der Waals surface area contributed by atoms with Crippen molar-refractivity contribution in [1.82, 2.24) is 4.72 Å². The Kier molecular flexibility index (Phi) is 5.61. The van der Waals surface area contributed by atoms with Gasteiger partial charge < -0.3 is 4.74 Å². The highest BCUT2D eigenvalue weighted by atomic mass is 79.9. The van der Waals surface area contributed by atoms with E-state index in [1.165, 1.54) is 0 Å². The summed E-state index contributed by atoms with van der Waals surface area (Å²) in [5.41, 5.74) is 1.77. The van der Waals surface area contributed by atoms with Crippen LogP contribution in [-0.2, 0) is 10.0 Å². The highest BCUT2D eigenvalue weighted by Gasteiger charge is 2.16. The monoisotopic (exact) mass is 383 g/mol. The van der Waals surface area contributed by atoms with E-state index in [9.17, 15) is 8.42 Å². The van der Waals surface area contributed by atoms with E-state index >= 15 is 0 Å². The Labute approximate surface area is 139 Å². The fourth-order valence-corrected chi connectivity index (χ4v) is 3.71. The minimum absolute atomic E-state index is 0.205. The molecule has 118 valence electrons. The average Bonchev–Trinajstić information content (AvgIpc) is 2.45. The summed E-state index contributed by atoms with van der Waals surface area (Å²) in [6, 6.07) is 12.7. The van der Waals surface area contributed by atoms with Crippen molar-refractivity contribution in [3.05, 3.63) is 58.1 Å². The molecule has 0 unspecified atom stereocenters. The lowest BCUT2D eigenvalue weighted by molar-refractivity contribution is 0.321. The zero-order valence-electron chi connectivity index (χ0n) is 12.5. The third-order valence-corrected chi connectivity index (χ3v) is 5.38. The lowest BCUT2D eigenvalue weighted by atomic mass is 10.2. The van der Waals surface area contributed by atoms with Crippen molar-refractivity contribution < 1.29 is 13.2 Å². The van der Waals surface area contributed by atoms with Crippen LogP contribution in [0.25, 0.3) is 0 Å². The Morgan fingerprint density at radius 1 is 1.14 bits per heavy atom. The lowest BCUT2D eigenvalue weighted by Crippen LogP contribution is -2.28. The molecule has 0 aromatic heterocycles. The number of ether oxygens (including phenoxy) is 1. The number of sulfonamides is 1. The maximum absolute atomic E-state index is 12.3. The van der Waals surface area contributed by atoms with E-state index in [-0.39, 0.29) is 13.2 Å². The Hall–Kier alpha value is -1.37. The molecule has 0 spiro atoms. The van der Waals surface area contributed by atoms with Crippen LogP contribution in [0.5, 0.6) is 5.75 Å². The van der Waals surface area contributed by atoms with Crippen LogP contribution in [0, 0.1) is 13.8 Å². The Bertz CT molecular complexity index is 760. The number of para-hydroxylation sites is 1. The van der Waals surface area contributed by atoms with Gasteiger partial charge in [-0.1, -0.05) is 29.8 Å². The van der Waals surface area contributed by atoms with Crippen molar-refractivity contribution in [1.29, 1.82) is 0 Å². The number of hydrogen-bond acceptors (Lipinski definition) is 3. The molecule has 22 heavy (non-hydrogen) atoms. The summed E-state index contributed by atoms with van der Waals surface area (Å²) in [7, 11) is -3.51. The van der Waals surface area contributed by atoms with E-state index < -0.39 is 10.0 Å². The molecule has 0 heterocycles. The summed E-state index contributed by atoms with van der Waals surface area (Å²) in [5, 5.41) is 0. The molecule has 0 fully saturated rings. The van der Waals surface area contributed by atoms with Crippen LogP contribution in [0.1, 0.15) is 11.1 Å². The number of halogens is 1. The van der Waals surface area contributed by atoms with Gasteiger partial charge in [-0.05, 0) is 53.5 Å². The van der Waals surface area contributed by atoms with E-state index in [4.69, 9.17) is 4.74 Å². The zero-order chi connectivity index (χ0) is 16.2. The highest BCUT2D eigenvalue weighted by molar-refractivity contribution is 9.10. The maximum atomic E-state index is 12.3. The van der Waals surface area contributed by atoms with Gasteiger partial charge in [-0.25, -0.2) is 13.1 Å². The number of benzene rings is 2. The van der Waals surface area contributed by atoms with Crippen LogP contribution < -0.4 is 9.46 Å². The molecule has 1 N–H and O–H groups in total. The molecule has 0 radical (unpaired) electrons. The topological polar surface area (TPSA) is 55.4 Å². The first-order valence-electron chi connectivity index (χ1n) is 6.84. The van der Waals surface area contributed by atoms with Crippen LogP contribution in [0.15, 0.2) is 51.8 Å². The minimum Gasteiger partial charge on any atom is -0.491 e. The second-order valence-corrected chi connectivity index (χ2v) is 7.54. The molecule has 2 aromatic rings. The van der Waals surface area contributed by atoms with E-state index in [0.717, 1.165) is 15.6 Å². The van der Waals surface area contributed by atoms with Crippen LogP contribution in [-0.4, -0.2) is 21.6 Å². The first-order valence-corrected chi connectivity index (χ1v) is 9.12. The number of hydrogen-bond donors (Lipinski definition) is 1. The fourth-order valence-electron chi connectivity index (χ4n) is 2.08. The Morgan fingerprint density at radius 2 is 1.86 bits per heavy atom. The summed E-state index contributed by atoms with van der Waals surface area (Å²) in [6.07, 6.45) is 0. The van der Waals surface area contributed by atoms with Crippen molar-refractivity contribution in [3.63, 3.8) is 0 Å². The molecule has 4 nitrogen and oxygen atoms in total. The van der Waals surface area contributed by atoms with Crippen molar-refractivity contribution in [2.45, 2.75) is 18.7 Å². The third-order valence-electron chi connectivity index (χ3n) is 3.11. The van der Waals surface area contributed by atoms with E-state index in [2.05, 4.69) is 20.7 Å². The van der Waals surface area contributed by atoms with Crippen molar-refractivity contribution in [3.8, 4) is 5.75 Å². The van der Waals surface area contributed by atoms with Gasteiger partial charge in [-0.3, -0.25) is 0 Å². The molecule has 0 bridgehead atoms. The van der Waals surface area contributed by atoms with Gasteiger partial charge in [-0.2, -0.15) is 0 Å². The van der Waals surface area contributed by atoms with E-state index in [1.807, 2.05) is 37.3 Å². The fraction of sp³-hybridized carbons (Fsp3) is 0.250. The van der Waals surface area contributed by atoms with Gasteiger partial charge in [0.05, 0.1) is 9.37 Å². The van der Waals surface area contributed by atoms with Crippen LogP contribution in [0.4, 0.5) is 0 Å². The molecule has 2 aromatic carbocycles. The summed E-state index contributed by atoms with van der Waals surface area (Å²) in [6.45, 7) is 4.19. The standard InChI is InChI=1S/C16H18BrNO3S/c1-12-7-8-16(13(2)11-12)22(19,20)18-9-10-21-15-6-4-3-5-14(15)17/h3-8,11,18H,9-10H2,1-2H3. The summed E-state index contributed by atoms with van der Waals surface area (Å²) in [5.74, 6) is 0.688. The van der Waals surface area contributed by atoms with Gasteiger partial charge in [0.25, 0.3) is 0 Å². The molecule has 0 saturated heterocycles. The van der Waals surface area contributed by atoms with E-state index in [1.54, 1.807) is 19.1 Å². The van der Waals surface area contributed by atoms with Crippen LogP contribution in [0.3, 0.4) is 0 Å². The molecular weight excluding hydrogens is 366 g/mol.